The summed E-state index contributed by atoms with van der Waals surface area (Å²) in [6, 6.07) is 0. The Kier molecular flexibility index (Phi) is 3.59. The fourth-order valence-electron chi connectivity index (χ4n) is 0.890. The molecule has 72 valence electrons. The predicted molar refractivity (Wildman–Crippen MR) is 52.5 cm³/mol. The fraction of sp³-hybridized carbons (Fsp3) is 0.500. The van der Waals surface area contributed by atoms with E-state index in [0.717, 1.165) is 12.4 Å². The molecular weight excluding hydrogens is 188 g/mol. The smallest absolute Gasteiger partial charge is 0.180 e. The molecule has 0 atom stereocenters. The van der Waals surface area contributed by atoms with E-state index in [0.29, 0.717) is 11.7 Å². The molecule has 4 N–H and O–H groups in total. The molecule has 1 aromatic rings. The summed E-state index contributed by atoms with van der Waals surface area (Å²) in [6.07, 6.45) is 1.68. The summed E-state index contributed by atoms with van der Waals surface area (Å²) in [5.41, 5.74) is 2.33. The third-order valence-corrected chi connectivity index (χ3v) is 1.84. The minimum atomic E-state index is 0.394. The van der Waals surface area contributed by atoms with Crippen LogP contribution in [-0.2, 0) is 13.1 Å². The fourth-order valence-corrected chi connectivity index (χ4v) is 0.962. The molecule has 7 heteroatoms. The van der Waals surface area contributed by atoms with E-state index in [1.807, 2.05) is 11.5 Å². The van der Waals surface area contributed by atoms with Crippen molar-refractivity contribution in [3.63, 3.8) is 0 Å². The van der Waals surface area contributed by atoms with Crippen LogP contribution in [0.5, 0.6) is 0 Å². The monoisotopic (exact) mass is 200 g/mol. The number of hydrogen-bond acceptors (Lipinski definition) is 4. The molecule has 0 saturated heterocycles. The second-order valence-corrected chi connectivity index (χ2v) is 2.77. The van der Waals surface area contributed by atoms with Crippen molar-refractivity contribution in [2.45, 2.75) is 20.0 Å². The SMILES string of the molecule is CCn1cnnc1CNC(=S)NN. The van der Waals surface area contributed by atoms with Gasteiger partial charge in [-0.25, -0.2) is 5.84 Å². The molecule has 0 aromatic carbocycles. The van der Waals surface area contributed by atoms with Crippen molar-refractivity contribution in [2.75, 3.05) is 0 Å². The van der Waals surface area contributed by atoms with Crippen LogP contribution in [0, 0.1) is 0 Å². The number of aromatic nitrogens is 3. The maximum absolute atomic E-state index is 5.09. The van der Waals surface area contributed by atoms with Crippen molar-refractivity contribution in [1.82, 2.24) is 25.5 Å². The summed E-state index contributed by atoms with van der Waals surface area (Å²) < 4.78 is 1.92. The Morgan fingerprint density at radius 2 is 2.54 bits per heavy atom. The Morgan fingerprint density at radius 3 is 3.15 bits per heavy atom. The molecule has 13 heavy (non-hydrogen) atoms. The van der Waals surface area contributed by atoms with Gasteiger partial charge >= 0.3 is 0 Å². The first-order chi connectivity index (χ1) is 6.27. The lowest BCUT2D eigenvalue weighted by molar-refractivity contribution is 0.675. The van der Waals surface area contributed by atoms with Crippen molar-refractivity contribution in [2.24, 2.45) is 5.84 Å². The minimum Gasteiger partial charge on any atom is -0.354 e. The Bertz CT molecular complexity index is 282. The van der Waals surface area contributed by atoms with E-state index in [4.69, 9.17) is 18.1 Å². The summed E-state index contributed by atoms with van der Waals surface area (Å²) in [5.74, 6) is 5.92. The van der Waals surface area contributed by atoms with Gasteiger partial charge in [-0.2, -0.15) is 0 Å². The number of hydrazine groups is 1. The highest BCUT2D eigenvalue weighted by atomic mass is 32.1. The Labute approximate surface area is 81.5 Å². The zero-order chi connectivity index (χ0) is 9.68. The van der Waals surface area contributed by atoms with Gasteiger partial charge in [0.05, 0.1) is 6.54 Å². The normalized spacial score (nSPS) is 9.69. The van der Waals surface area contributed by atoms with Gasteiger partial charge in [-0.15, -0.1) is 10.2 Å². The van der Waals surface area contributed by atoms with Gasteiger partial charge < -0.3 is 15.3 Å². The first-order valence-corrected chi connectivity index (χ1v) is 4.30. The maximum atomic E-state index is 5.09. The number of thiocarbonyl (C=S) groups is 1. The molecule has 1 heterocycles. The van der Waals surface area contributed by atoms with Crippen LogP contribution >= 0.6 is 12.2 Å². The van der Waals surface area contributed by atoms with Gasteiger partial charge in [-0.3, -0.25) is 0 Å². The van der Waals surface area contributed by atoms with E-state index in [9.17, 15) is 0 Å². The largest absolute Gasteiger partial charge is 0.354 e. The standard InChI is InChI=1S/C6H12N6S/c1-2-12-4-9-11-5(12)3-8-6(13)10-7/h4H,2-3,7H2,1H3,(H2,8,10,13). The number of nitrogens with one attached hydrogen (secondary N) is 2. The molecular formula is C6H12N6S. The molecule has 0 unspecified atom stereocenters. The van der Waals surface area contributed by atoms with Gasteiger partial charge in [-0.1, -0.05) is 0 Å². The lowest BCUT2D eigenvalue weighted by Gasteiger charge is -2.06. The molecule has 6 nitrogen and oxygen atoms in total. The van der Waals surface area contributed by atoms with Crippen LogP contribution < -0.4 is 16.6 Å². The van der Waals surface area contributed by atoms with Crippen LogP contribution in [0.4, 0.5) is 0 Å². The quantitative estimate of drug-likeness (QED) is 0.334. The van der Waals surface area contributed by atoms with Crippen molar-refractivity contribution in [3.05, 3.63) is 12.2 Å². The number of hydrogen-bond donors (Lipinski definition) is 3. The molecule has 0 saturated carbocycles. The first-order valence-electron chi connectivity index (χ1n) is 3.89. The summed E-state index contributed by atoms with van der Waals surface area (Å²) in [5, 5.41) is 11.0. The third kappa shape index (κ3) is 2.63. The predicted octanol–water partition coefficient (Wildman–Crippen LogP) is -0.864. The minimum absolute atomic E-state index is 0.394. The van der Waals surface area contributed by atoms with E-state index in [-0.39, 0.29) is 0 Å². The highest BCUT2D eigenvalue weighted by Gasteiger charge is 2.01. The average molecular weight is 200 g/mol. The van der Waals surface area contributed by atoms with Crippen molar-refractivity contribution < 1.29 is 0 Å². The van der Waals surface area contributed by atoms with E-state index in [1.54, 1.807) is 6.33 Å². The second-order valence-electron chi connectivity index (χ2n) is 2.36. The highest BCUT2D eigenvalue weighted by Crippen LogP contribution is 1.93. The van der Waals surface area contributed by atoms with Gasteiger partial charge in [0.2, 0.25) is 0 Å². The molecule has 0 aliphatic carbocycles. The zero-order valence-electron chi connectivity index (χ0n) is 7.32. The molecule has 0 fully saturated rings. The van der Waals surface area contributed by atoms with Gasteiger partial charge in [0.1, 0.15) is 6.33 Å². The van der Waals surface area contributed by atoms with Crippen LogP contribution in [0.2, 0.25) is 0 Å². The van der Waals surface area contributed by atoms with Crippen molar-refractivity contribution >= 4 is 17.3 Å². The third-order valence-electron chi connectivity index (χ3n) is 1.57. The maximum Gasteiger partial charge on any atom is 0.180 e. The zero-order valence-corrected chi connectivity index (χ0v) is 8.14. The number of nitrogens with zero attached hydrogens (tertiary/aromatic N) is 3. The Hall–Kier alpha value is -1.21. The van der Waals surface area contributed by atoms with E-state index < -0.39 is 0 Å². The average Bonchev–Trinajstić information content (AvgIpc) is 2.61. The lowest BCUT2D eigenvalue weighted by Crippen LogP contribution is -2.39. The molecule has 0 aliphatic rings. The van der Waals surface area contributed by atoms with Crippen LogP contribution in [0.3, 0.4) is 0 Å². The van der Waals surface area contributed by atoms with E-state index in [2.05, 4.69) is 20.9 Å². The molecule has 1 aromatic heterocycles. The summed E-state index contributed by atoms with van der Waals surface area (Å²) >= 11 is 4.80. The van der Waals surface area contributed by atoms with Crippen molar-refractivity contribution in [3.8, 4) is 0 Å². The molecule has 0 spiro atoms. The van der Waals surface area contributed by atoms with Crippen LogP contribution in [0.15, 0.2) is 6.33 Å². The molecule has 0 aliphatic heterocycles. The number of nitrogens with two attached hydrogens (primary N) is 1. The van der Waals surface area contributed by atoms with Crippen LogP contribution in [0.1, 0.15) is 12.7 Å². The number of aryl methyl sites for hydroxylation is 1. The number of rotatable bonds is 3. The summed E-state index contributed by atoms with van der Waals surface area (Å²) in [6.45, 7) is 3.38. The van der Waals surface area contributed by atoms with E-state index >= 15 is 0 Å². The van der Waals surface area contributed by atoms with Crippen molar-refractivity contribution in [1.29, 1.82) is 0 Å². The van der Waals surface area contributed by atoms with Gasteiger partial charge in [-0.05, 0) is 19.1 Å². The highest BCUT2D eigenvalue weighted by molar-refractivity contribution is 7.80. The molecule has 1 rings (SSSR count). The lowest BCUT2D eigenvalue weighted by atomic mass is 10.5. The topological polar surface area (TPSA) is 80.8 Å². The second kappa shape index (κ2) is 4.73. The van der Waals surface area contributed by atoms with Gasteiger partial charge in [0, 0.05) is 6.54 Å². The summed E-state index contributed by atoms with van der Waals surface area (Å²) in [4.78, 5) is 0. The molecule has 0 amide bonds. The first kappa shape index (κ1) is 9.87. The summed E-state index contributed by atoms with van der Waals surface area (Å²) in [7, 11) is 0. The van der Waals surface area contributed by atoms with Crippen LogP contribution in [0.25, 0.3) is 0 Å². The molecule has 0 bridgehead atoms. The Morgan fingerprint density at radius 1 is 1.77 bits per heavy atom. The Balaban J connectivity index is 2.49. The van der Waals surface area contributed by atoms with Crippen LogP contribution in [-0.4, -0.2) is 19.9 Å². The van der Waals surface area contributed by atoms with E-state index in [1.165, 1.54) is 0 Å². The molecule has 0 radical (unpaired) electrons. The van der Waals surface area contributed by atoms with Gasteiger partial charge in [0.15, 0.2) is 10.9 Å². The van der Waals surface area contributed by atoms with Gasteiger partial charge in [0.25, 0.3) is 0 Å².